The number of aliphatic hydroxyl groups is 1. The van der Waals surface area contributed by atoms with Crippen molar-refractivity contribution in [3.63, 3.8) is 0 Å². The number of para-hydroxylation sites is 2. The topological polar surface area (TPSA) is 134 Å². The Morgan fingerprint density at radius 3 is 1.57 bits per heavy atom. The lowest BCUT2D eigenvalue weighted by Crippen LogP contribution is -2.27. The van der Waals surface area contributed by atoms with E-state index in [1.165, 1.54) is 30.3 Å². The van der Waals surface area contributed by atoms with E-state index in [1.54, 1.807) is 49.4 Å². The van der Waals surface area contributed by atoms with Crippen LogP contribution in [0.5, 0.6) is 0 Å². The first-order valence-corrected chi connectivity index (χ1v) is 32.0. The number of aldehydes is 1. The van der Waals surface area contributed by atoms with Crippen LogP contribution in [0.15, 0.2) is 134 Å². The van der Waals surface area contributed by atoms with Gasteiger partial charge in [-0.3, -0.25) is 24.4 Å². The fourth-order valence-electron chi connectivity index (χ4n) is 8.21. The molecular formula is C61H72F2N2O8Si2. The molecule has 0 saturated heterocycles. The maximum Gasteiger partial charge on any atom is 0.313 e. The summed E-state index contributed by atoms with van der Waals surface area (Å²) in [5.41, 5.74) is 9.31. The van der Waals surface area contributed by atoms with E-state index in [4.69, 9.17) is 28.3 Å². The molecule has 0 aliphatic heterocycles. The second kappa shape index (κ2) is 27.1. The predicted molar refractivity (Wildman–Crippen MR) is 304 cm³/mol. The minimum Gasteiger partial charge on any atom is -0.545 e. The summed E-state index contributed by atoms with van der Waals surface area (Å²) < 4.78 is 48.8. The number of benzene rings is 4. The number of esters is 1. The molecule has 2 aliphatic carbocycles. The summed E-state index contributed by atoms with van der Waals surface area (Å²) in [7, 11) is -3.27. The highest BCUT2D eigenvalue weighted by molar-refractivity contribution is 6.70. The van der Waals surface area contributed by atoms with Crippen LogP contribution >= 0.6 is 0 Å². The summed E-state index contributed by atoms with van der Waals surface area (Å²) >= 11 is 0. The Morgan fingerprint density at radius 2 is 1.15 bits per heavy atom. The van der Waals surface area contributed by atoms with Gasteiger partial charge >= 0.3 is 5.97 Å². The Bertz CT molecular complexity index is 3030. The van der Waals surface area contributed by atoms with Crippen LogP contribution in [0.1, 0.15) is 94.1 Å². The molecule has 8 rings (SSSR count). The van der Waals surface area contributed by atoms with Gasteiger partial charge in [0.1, 0.15) is 35.9 Å². The van der Waals surface area contributed by atoms with Crippen molar-refractivity contribution in [2.45, 2.75) is 117 Å². The fourth-order valence-corrected chi connectivity index (χ4v) is 9.77. The highest BCUT2D eigenvalue weighted by Crippen LogP contribution is 2.47. The monoisotopic (exact) mass is 1050 g/mol. The molecule has 0 bridgehead atoms. The number of hydrogen-bond acceptors (Lipinski definition) is 10. The van der Waals surface area contributed by atoms with Gasteiger partial charge in [-0.2, -0.15) is 0 Å². The standard InChI is InChI=1S/C27H26FNO4.C21H16FNO.C12H26O3Si2.CH4/c1-2-33-25(32)16-21(31)15-20(30)13-14-23-26(17-9-11-19(28)12-10-17)22-5-3-4-6-24(22)29-27(23)18-7-8-18;22-16-11-9-14(10-12-16)20-17-4-1-2-6-19(17)23-21(15-7-8-15)18(20)5-3-13-24;1-9-13-12(15-17(6,7)8)10-11(2)14-16(3,4)5;/h3-6,9-14,18,20,30H,2,7-8,15-16H2,1H3;1-6,9-13,15H,7-8H2;10H,2,9H2,1,3-8H3;1H4/b14-13+;5-3+;12-10-;/t20-;;;/m1.../s1. The Kier molecular flexibility index (Phi) is 21.3. The lowest BCUT2D eigenvalue weighted by molar-refractivity contribution is -0.145. The van der Waals surface area contributed by atoms with E-state index in [0.29, 0.717) is 30.1 Å². The Hall–Kier alpha value is -6.88. The van der Waals surface area contributed by atoms with Crippen LogP contribution in [0.4, 0.5) is 8.78 Å². The largest absolute Gasteiger partial charge is 0.545 e. The van der Waals surface area contributed by atoms with Crippen LogP contribution in [0.25, 0.3) is 56.2 Å². The molecule has 2 aromatic heterocycles. The number of rotatable bonds is 20. The summed E-state index contributed by atoms with van der Waals surface area (Å²) in [4.78, 5) is 44.2. The molecule has 14 heteroatoms. The second-order valence-electron chi connectivity index (χ2n) is 20.1. The molecular weight excluding hydrogens is 983 g/mol. The zero-order chi connectivity index (χ0) is 53.6. The molecule has 396 valence electrons. The molecule has 2 aliphatic rings. The van der Waals surface area contributed by atoms with Gasteiger partial charge in [-0.15, -0.1) is 0 Å². The zero-order valence-corrected chi connectivity index (χ0v) is 45.8. The summed E-state index contributed by atoms with van der Waals surface area (Å²) in [6.45, 7) is 21.0. The van der Waals surface area contributed by atoms with Gasteiger partial charge in [0.05, 0.1) is 47.8 Å². The number of aliphatic hydroxyl groups excluding tert-OH is 1. The van der Waals surface area contributed by atoms with E-state index in [-0.39, 0.29) is 44.3 Å². The fraction of sp³-hybridized carbons (Fsp3) is 0.328. The first-order chi connectivity index (χ1) is 35.3. The number of ketones is 1. The van der Waals surface area contributed by atoms with Crippen LogP contribution in [-0.2, 0) is 32.7 Å². The van der Waals surface area contributed by atoms with Crippen molar-refractivity contribution in [3.8, 4) is 22.3 Å². The van der Waals surface area contributed by atoms with Gasteiger partial charge in [0.15, 0.2) is 0 Å². The normalized spacial score (nSPS) is 14.0. The number of nitrogens with zero attached hydrogens (tertiary/aromatic N) is 2. The molecule has 4 aromatic carbocycles. The van der Waals surface area contributed by atoms with Crippen molar-refractivity contribution in [3.05, 3.63) is 168 Å². The molecule has 2 heterocycles. The second-order valence-corrected chi connectivity index (χ2v) is 29.0. The van der Waals surface area contributed by atoms with Crippen LogP contribution in [-0.4, -0.2) is 69.1 Å². The van der Waals surface area contributed by atoms with Gasteiger partial charge in [0.25, 0.3) is 5.95 Å². The average molecular weight is 1060 g/mol. The van der Waals surface area contributed by atoms with E-state index in [2.05, 4.69) is 45.9 Å². The van der Waals surface area contributed by atoms with Crippen molar-refractivity contribution in [2.75, 3.05) is 13.2 Å². The molecule has 0 unspecified atom stereocenters. The molecule has 1 N–H and O–H groups in total. The number of pyridine rings is 2. The zero-order valence-electron chi connectivity index (χ0n) is 43.8. The smallest absolute Gasteiger partial charge is 0.313 e. The molecule has 75 heavy (non-hydrogen) atoms. The molecule has 10 nitrogen and oxygen atoms in total. The van der Waals surface area contributed by atoms with E-state index in [1.807, 2.05) is 61.5 Å². The number of Topliss-reactive ketones (excluding diaryl/α,β-unsaturated/α-hetero) is 1. The van der Waals surface area contributed by atoms with Crippen molar-refractivity contribution < 1.29 is 46.6 Å². The lowest BCUT2D eigenvalue weighted by atomic mass is 9.92. The number of allylic oxidation sites excluding steroid dienone is 2. The SMILES string of the molecule is C.C=C(/C=C(/OCC)O[Si](C)(C)C)O[Si](C)(C)C.CCOC(=O)CC(=O)C[C@H](O)/C=C/c1c(C2CC2)nc2ccccc2c1-c1ccc(F)cc1.O=C/C=C/c1c(C2CC2)nc2ccccc2c1-c1ccc(F)cc1. The molecule has 2 fully saturated rings. The van der Waals surface area contributed by atoms with Crippen LogP contribution in [0.2, 0.25) is 39.3 Å². The summed E-state index contributed by atoms with van der Waals surface area (Å²) in [6.07, 6.45) is 12.0. The van der Waals surface area contributed by atoms with Gasteiger partial charge in [-0.05, 0) is 138 Å². The summed E-state index contributed by atoms with van der Waals surface area (Å²) in [6, 6.07) is 28.6. The predicted octanol–water partition coefficient (Wildman–Crippen LogP) is 15.1. The number of halogens is 2. The third-order valence-electron chi connectivity index (χ3n) is 11.4. The maximum atomic E-state index is 13.6. The third-order valence-corrected chi connectivity index (χ3v) is 13.1. The van der Waals surface area contributed by atoms with Gasteiger partial charge < -0.3 is 23.4 Å². The van der Waals surface area contributed by atoms with E-state index in [9.17, 15) is 28.3 Å². The van der Waals surface area contributed by atoms with Crippen molar-refractivity contribution >= 4 is 68.6 Å². The van der Waals surface area contributed by atoms with Gasteiger partial charge in [-0.1, -0.05) is 86.8 Å². The van der Waals surface area contributed by atoms with Crippen LogP contribution < -0.4 is 0 Å². The third kappa shape index (κ3) is 17.9. The first kappa shape index (κ1) is 59.0. The Labute approximate surface area is 443 Å². The first-order valence-electron chi connectivity index (χ1n) is 25.2. The summed E-state index contributed by atoms with van der Waals surface area (Å²) in [5, 5.41) is 12.4. The van der Waals surface area contributed by atoms with Gasteiger partial charge in [0.2, 0.25) is 16.6 Å². The highest BCUT2D eigenvalue weighted by atomic mass is 28.4. The minimum atomic E-state index is -1.66. The molecule has 1 atom stereocenters. The number of hydrogen-bond donors (Lipinski definition) is 1. The Morgan fingerprint density at radius 1 is 0.693 bits per heavy atom. The number of aromatic nitrogens is 2. The quantitative estimate of drug-likeness (QED) is 0.0150. The molecule has 0 radical (unpaired) electrons. The van der Waals surface area contributed by atoms with Crippen LogP contribution in [0.3, 0.4) is 0 Å². The van der Waals surface area contributed by atoms with E-state index in [0.717, 1.165) is 98.5 Å². The summed E-state index contributed by atoms with van der Waals surface area (Å²) in [5.74, 6) is 0.365. The maximum absolute atomic E-state index is 13.6. The number of carbonyl (C=O) groups excluding carboxylic acids is 3. The van der Waals surface area contributed by atoms with E-state index < -0.39 is 28.7 Å². The molecule has 0 amide bonds. The van der Waals surface area contributed by atoms with Gasteiger partial charge in [0, 0.05) is 51.3 Å². The highest BCUT2D eigenvalue weighted by Gasteiger charge is 2.31. The number of fused-ring (bicyclic) bond motifs is 2. The molecule has 0 spiro atoms. The van der Waals surface area contributed by atoms with Crippen molar-refractivity contribution in [2.24, 2.45) is 0 Å². The van der Waals surface area contributed by atoms with E-state index >= 15 is 0 Å². The van der Waals surface area contributed by atoms with Crippen molar-refractivity contribution in [1.82, 2.24) is 9.97 Å². The van der Waals surface area contributed by atoms with Crippen molar-refractivity contribution in [1.29, 1.82) is 0 Å². The molecule has 6 aromatic rings. The van der Waals surface area contributed by atoms with Gasteiger partial charge in [-0.25, -0.2) is 8.78 Å². The average Bonchev–Trinajstić information content (AvgIpc) is 4.28. The molecule has 2 saturated carbocycles. The minimum absolute atomic E-state index is 0. The number of ether oxygens (including phenoxy) is 2. The number of carbonyl (C=O) groups is 3. The lowest BCUT2D eigenvalue weighted by Gasteiger charge is -2.23. The van der Waals surface area contributed by atoms with Crippen LogP contribution in [0, 0.1) is 11.6 Å². The Balaban J connectivity index is 0.000000219.